The van der Waals surface area contributed by atoms with E-state index in [2.05, 4.69) is 22.5 Å². The third-order valence-electron chi connectivity index (χ3n) is 5.25. The molecule has 1 atom stereocenters. The van der Waals surface area contributed by atoms with Crippen LogP contribution in [-0.4, -0.2) is 53.3 Å². The van der Waals surface area contributed by atoms with Gasteiger partial charge in [0.25, 0.3) is 0 Å². The van der Waals surface area contributed by atoms with Crippen molar-refractivity contribution in [3.63, 3.8) is 0 Å². The summed E-state index contributed by atoms with van der Waals surface area (Å²) in [5.74, 6) is -0.142. The van der Waals surface area contributed by atoms with Crippen molar-refractivity contribution < 1.29 is 14.7 Å². The number of thioether (sulfide) groups is 1. The number of piperazine rings is 1. The lowest BCUT2D eigenvalue weighted by molar-refractivity contribution is -0.117. The van der Waals surface area contributed by atoms with Gasteiger partial charge in [-0.05, 0) is 17.5 Å². The number of carbonyl (C=O) groups is 2. The third kappa shape index (κ3) is 5.34. The molecular weight excluding hydrogens is 442 g/mol. The number of primary amides is 1. The maximum absolute atomic E-state index is 12.3. The van der Waals surface area contributed by atoms with Crippen LogP contribution in [0.4, 0.5) is 10.6 Å². The normalized spacial score (nSPS) is 14.7. The number of hydrogen-bond donors (Lipinski definition) is 3. The first-order chi connectivity index (χ1) is 15.9. The van der Waals surface area contributed by atoms with E-state index in [1.54, 1.807) is 29.3 Å². The highest BCUT2D eigenvalue weighted by atomic mass is 32.2. The Morgan fingerprint density at radius 2 is 1.82 bits per heavy atom. The highest BCUT2D eigenvalue weighted by Gasteiger charge is 2.28. The smallest absolute Gasteiger partial charge is 0.419 e. The molecular formula is C22H23N7O3S. The Balaban J connectivity index is 2.02. The van der Waals surface area contributed by atoms with Gasteiger partial charge in [-0.3, -0.25) is 10.2 Å². The fraction of sp³-hybridized carbons (Fsp3) is 0.318. The monoisotopic (exact) mass is 465 g/mol. The summed E-state index contributed by atoms with van der Waals surface area (Å²) in [6.07, 6.45) is -0.704. The zero-order valence-electron chi connectivity index (χ0n) is 18.0. The van der Waals surface area contributed by atoms with Gasteiger partial charge in [0, 0.05) is 26.2 Å². The summed E-state index contributed by atoms with van der Waals surface area (Å²) < 4.78 is 0. The largest absolute Gasteiger partial charge is 0.464 e. The van der Waals surface area contributed by atoms with Crippen LogP contribution in [0.2, 0.25) is 0 Å². The van der Waals surface area contributed by atoms with Gasteiger partial charge in [0.1, 0.15) is 28.2 Å². The van der Waals surface area contributed by atoms with Gasteiger partial charge in [0.15, 0.2) is 0 Å². The number of aromatic nitrogens is 1. The Bertz CT molecular complexity index is 1120. The summed E-state index contributed by atoms with van der Waals surface area (Å²) in [5.41, 5.74) is 9.84. The molecule has 0 radical (unpaired) electrons. The maximum atomic E-state index is 12.3. The number of hydrogen-bond acceptors (Lipinski definition) is 8. The number of nitriles is 2. The summed E-state index contributed by atoms with van der Waals surface area (Å²) in [4.78, 5) is 29.7. The van der Waals surface area contributed by atoms with E-state index in [1.807, 2.05) is 17.9 Å². The summed E-state index contributed by atoms with van der Waals surface area (Å²) in [5, 5.41) is 29.8. The number of rotatable bonds is 7. The SMILES string of the molecule is CCc1c(C#N)c(SC(C(N)=O)c2ccccc2)nc(N2CCN(NC(=O)O)CC2)c1C#N. The van der Waals surface area contributed by atoms with E-state index in [4.69, 9.17) is 10.8 Å². The molecule has 1 unspecified atom stereocenters. The fourth-order valence-corrected chi connectivity index (χ4v) is 4.75. The van der Waals surface area contributed by atoms with Crippen LogP contribution in [0.25, 0.3) is 0 Å². The number of anilines is 1. The highest BCUT2D eigenvalue weighted by Crippen LogP contribution is 2.39. The Morgan fingerprint density at radius 1 is 1.18 bits per heavy atom. The number of nitrogens with zero attached hydrogens (tertiary/aromatic N) is 5. The first-order valence-corrected chi connectivity index (χ1v) is 11.1. The van der Waals surface area contributed by atoms with Crippen molar-refractivity contribution in [3.05, 3.63) is 52.6 Å². The standard InChI is InChI=1S/C22H23N7O3S/c1-2-15-16(12-23)20(28-8-10-29(11-9-28)27-22(31)32)26-21(17(15)13-24)33-18(19(25)30)14-6-4-3-5-7-14/h3-7,18,27H,2,8-11H2,1H3,(H2,25,30)(H,31,32). The molecule has 0 spiro atoms. The van der Waals surface area contributed by atoms with E-state index in [1.165, 1.54) is 0 Å². The number of nitrogens with one attached hydrogen (secondary N) is 1. The first-order valence-electron chi connectivity index (χ1n) is 10.3. The van der Waals surface area contributed by atoms with Crippen molar-refractivity contribution in [2.75, 3.05) is 31.1 Å². The minimum atomic E-state index is -1.14. The molecule has 2 aromatic rings. The third-order valence-corrected chi connectivity index (χ3v) is 6.51. The molecule has 1 aliphatic heterocycles. The van der Waals surface area contributed by atoms with Crippen molar-refractivity contribution in [1.82, 2.24) is 15.4 Å². The van der Waals surface area contributed by atoms with Crippen LogP contribution in [0.1, 0.15) is 34.4 Å². The van der Waals surface area contributed by atoms with E-state index in [0.717, 1.165) is 11.8 Å². The van der Waals surface area contributed by atoms with E-state index >= 15 is 0 Å². The summed E-state index contributed by atoms with van der Waals surface area (Å²) >= 11 is 1.09. The van der Waals surface area contributed by atoms with Crippen LogP contribution >= 0.6 is 11.8 Å². The van der Waals surface area contributed by atoms with Crippen LogP contribution in [0.5, 0.6) is 0 Å². The van der Waals surface area contributed by atoms with E-state index in [0.29, 0.717) is 60.1 Å². The van der Waals surface area contributed by atoms with Gasteiger partial charge in [-0.15, -0.1) is 0 Å². The van der Waals surface area contributed by atoms with Crippen molar-refractivity contribution in [2.45, 2.75) is 23.6 Å². The number of carboxylic acid groups (broad SMARTS) is 1. The highest BCUT2D eigenvalue weighted by molar-refractivity contribution is 8.00. The van der Waals surface area contributed by atoms with Crippen LogP contribution in [0, 0.1) is 22.7 Å². The molecule has 1 aromatic carbocycles. The minimum Gasteiger partial charge on any atom is -0.464 e. The van der Waals surface area contributed by atoms with Gasteiger partial charge in [-0.1, -0.05) is 49.0 Å². The Kier molecular flexibility index (Phi) is 7.72. The second-order valence-corrected chi connectivity index (χ2v) is 8.34. The Morgan fingerprint density at radius 3 is 2.33 bits per heavy atom. The number of hydrazine groups is 1. The van der Waals surface area contributed by atoms with Crippen LogP contribution in [-0.2, 0) is 11.2 Å². The predicted octanol–water partition coefficient (Wildman–Crippen LogP) is 2.01. The molecule has 1 saturated heterocycles. The van der Waals surface area contributed by atoms with Crippen molar-refractivity contribution in [2.24, 2.45) is 5.73 Å². The molecule has 0 aliphatic carbocycles. The lowest BCUT2D eigenvalue weighted by atomic mass is 10.0. The predicted molar refractivity (Wildman–Crippen MR) is 122 cm³/mol. The van der Waals surface area contributed by atoms with Crippen molar-refractivity contribution in [1.29, 1.82) is 10.5 Å². The Hall–Kier alpha value is -3.80. The van der Waals surface area contributed by atoms with Gasteiger partial charge in [0.05, 0.1) is 11.1 Å². The number of benzene rings is 1. The molecule has 1 aliphatic rings. The van der Waals surface area contributed by atoms with Crippen molar-refractivity contribution in [3.8, 4) is 12.1 Å². The zero-order valence-corrected chi connectivity index (χ0v) is 18.8. The first kappa shape index (κ1) is 23.9. The van der Waals surface area contributed by atoms with Crippen LogP contribution in [0.15, 0.2) is 35.4 Å². The molecule has 4 N–H and O–H groups in total. The lowest BCUT2D eigenvalue weighted by Gasteiger charge is -2.35. The van der Waals surface area contributed by atoms with Gasteiger partial charge in [0.2, 0.25) is 5.91 Å². The van der Waals surface area contributed by atoms with E-state index in [9.17, 15) is 20.1 Å². The van der Waals surface area contributed by atoms with Gasteiger partial charge >= 0.3 is 6.09 Å². The second kappa shape index (κ2) is 10.7. The quantitative estimate of drug-likeness (QED) is 0.520. The number of nitrogens with two attached hydrogens (primary N) is 1. The molecule has 33 heavy (non-hydrogen) atoms. The fourth-order valence-electron chi connectivity index (χ4n) is 3.69. The number of pyridine rings is 1. The molecule has 10 nitrogen and oxygen atoms in total. The Labute approximate surface area is 195 Å². The van der Waals surface area contributed by atoms with E-state index in [-0.39, 0.29) is 5.56 Å². The molecule has 11 heteroatoms. The van der Waals surface area contributed by atoms with Gasteiger partial charge in [-0.2, -0.15) is 10.5 Å². The van der Waals surface area contributed by atoms with Gasteiger partial charge in [-0.25, -0.2) is 14.8 Å². The molecule has 1 fully saturated rings. The lowest BCUT2D eigenvalue weighted by Crippen LogP contribution is -2.53. The summed E-state index contributed by atoms with van der Waals surface area (Å²) in [7, 11) is 0. The average Bonchev–Trinajstić information content (AvgIpc) is 2.81. The minimum absolute atomic E-state index is 0.260. The summed E-state index contributed by atoms with van der Waals surface area (Å²) in [6, 6.07) is 13.4. The number of amides is 2. The van der Waals surface area contributed by atoms with Gasteiger partial charge < -0.3 is 15.7 Å². The molecule has 170 valence electrons. The molecule has 3 rings (SSSR count). The average molecular weight is 466 g/mol. The molecule has 2 heterocycles. The topological polar surface area (TPSA) is 159 Å². The van der Waals surface area contributed by atoms with Crippen LogP contribution in [0.3, 0.4) is 0 Å². The summed E-state index contributed by atoms with van der Waals surface area (Å²) in [6.45, 7) is 3.51. The second-order valence-electron chi connectivity index (χ2n) is 7.25. The van der Waals surface area contributed by atoms with E-state index < -0.39 is 17.3 Å². The molecule has 1 aromatic heterocycles. The van der Waals surface area contributed by atoms with Crippen LogP contribution < -0.4 is 16.1 Å². The zero-order chi connectivity index (χ0) is 24.0. The molecule has 0 bridgehead atoms. The molecule has 2 amide bonds. The molecule has 0 saturated carbocycles. The van der Waals surface area contributed by atoms with Crippen molar-refractivity contribution >= 4 is 29.6 Å². The number of carbonyl (C=O) groups excluding carboxylic acids is 1. The maximum Gasteiger partial charge on any atom is 0.419 e.